The van der Waals surface area contributed by atoms with E-state index in [0.29, 0.717) is 11.7 Å². The SMILES string of the molecule is CC(C)(C)c1noc(C2CC(F)(F)C2)n1. The zero-order valence-corrected chi connectivity index (χ0v) is 9.05. The summed E-state index contributed by atoms with van der Waals surface area (Å²) in [6.45, 7) is 5.87. The monoisotopic (exact) mass is 216 g/mol. The van der Waals surface area contributed by atoms with E-state index >= 15 is 0 Å². The molecule has 0 atom stereocenters. The number of alkyl halides is 2. The zero-order chi connectivity index (χ0) is 11.3. The largest absolute Gasteiger partial charge is 0.339 e. The normalized spacial score (nSPS) is 21.4. The fourth-order valence-corrected chi connectivity index (χ4v) is 1.54. The van der Waals surface area contributed by atoms with E-state index in [1.54, 1.807) is 0 Å². The zero-order valence-electron chi connectivity index (χ0n) is 9.05. The molecule has 0 saturated heterocycles. The first-order chi connectivity index (χ1) is 6.78. The first-order valence-electron chi connectivity index (χ1n) is 5.00. The first-order valence-corrected chi connectivity index (χ1v) is 5.00. The third-order valence-electron chi connectivity index (χ3n) is 2.55. The van der Waals surface area contributed by atoms with Crippen LogP contribution in [0.5, 0.6) is 0 Å². The van der Waals surface area contributed by atoms with Crippen LogP contribution in [-0.2, 0) is 5.41 Å². The van der Waals surface area contributed by atoms with Gasteiger partial charge in [0.1, 0.15) is 0 Å². The van der Waals surface area contributed by atoms with Gasteiger partial charge in [-0.15, -0.1) is 0 Å². The van der Waals surface area contributed by atoms with Gasteiger partial charge < -0.3 is 4.52 Å². The maximum absolute atomic E-state index is 12.6. The Kier molecular flexibility index (Phi) is 2.10. The van der Waals surface area contributed by atoms with Gasteiger partial charge in [-0.3, -0.25) is 0 Å². The summed E-state index contributed by atoms with van der Waals surface area (Å²) in [6.07, 6.45) is -0.336. The first kappa shape index (κ1) is 10.5. The lowest BCUT2D eigenvalue weighted by Crippen LogP contribution is -2.33. The van der Waals surface area contributed by atoms with E-state index in [2.05, 4.69) is 10.1 Å². The van der Waals surface area contributed by atoms with Crippen LogP contribution in [0.15, 0.2) is 4.52 Å². The van der Waals surface area contributed by atoms with Gasteiger partial charge in [-0.2, -0.15) is 4.98 Å². The Labute approximate surface area is 86.9 Å². The topological polar surface area (TPSA) is 38.9 Å². The lowest BCUT2D eigenvalue weighted by molar-refractivity contribution is -0.0925. The van der Waals surface area contributed by atoms with Gasteiger partial charge in [0.05, 0.1) is 0 Å². The van der Waals surface area contributed by atoms with Crippen LogP contribution in [0.2, 0.25) is 0 Å². The van der Waals surface area contributed by atoms with Crippen LogP contribution in [0.3, 0.4) is 0 Å². The van der Waals surface area contributed by atoms with Crippen molar-refractivity contribution in [1.82, 2.24) is 10.1 Å². The van der Waals surface area contributed by atoms with Crippen molar-refractivity contribution in [3.05, 3.63) is 11.7 Å². The third-order valence-corrected chi connectivity index (χ3v) is 2.55. The van der Waals surface area contributed by atoms with E-state index in [0.717, 1.165) is 0 Å². The summed E-state index contributed by atoms with van der Waals surface area (Å²) in [7, 11) is 0. The number of nitrogens with zero attached hydrogens (tertiary/aromatic N) is 2. The maximum Gasteiger partial charge on any atom is 0.249 e. The molecular formula is C10H14F2N2O. The van der Waals surface area contributed by atoms with E-state index in [1.807, 2.05) is 20.8 Å². The van der Waals surface area contributed by atoms with Crippen LogP contribution >= 0.6 is 0 Å². The summed E-state index contributed by atoms with van der Waals surface area (Å²) < 4.78 is 30.2. The molecule has 0 aliphatic heterocycles. The molecule has 1 saturated carbocycles. The third kappa shape index (κ3) is 2.01. The van der Waals surface area contributed by atoms with Crippen molar-refractivity contribution < 1.29 is 13.3 Å². The molecule has 1 aliphatic rings. The van der Waals surface area contributed by atoms with E-state index in [4.69, 9.17) is 4.52 Å². The van der Waals surface area contributed by atoms with Crippen LogP contribution in [0.1, 0.15) is 51.2 Å². The van der Waals surface area contributed by atoms with Gasteiger partial charge in [0, 0.05) is 24.2 Å². The molecule has 84 valence electrons. The van der Waals surface area contributed by atoms with Crippen molar-refractivity contribution >= 4 is 0 Å². The second-order valence-corrected chi connectivity index (χ2v) is 5.17. The molecule has 1 aromatic heterocycles. The second kappa shape index (κ2) is 3.00. The average Bonchev–Trinajstić information content (AvgIpc) is 2.45. The fraction of sp³-hybridized carbons (Fsp3) is 0.800. The van der Waals surface area contributed by atoms with Gasteiger partial charge in [0.15, 0.2) is 5.82 Å². The van der Waals surface area contributed by atoms with Gasteiger partial charge in [-0.25, -0.2) is 8.78 Å². The molecule has 1 aromatic rings. The van der Waals surface area contributed by atoms with E-state index in [9.17, 15) is 8.78 Å². The maximum atomic E-state index is 12.6. The highest BCUT2D eigenvalue weighted by Gasteiger charge is 2.48. The standard InChI is InChI=1S/C10H14F2N2O/c1-9(2,3)8-13-7(15-14-8)6-4-10(11,12)5-6/h6H,4-5H2,1-3H3. The molecule has 3 nitrogen and oxygen atoms in total. The fourth-order valence-electron chi connectivity index (χ4n) is 1.54. The highest BCUT2D eigenvalue weighted by molar-refractivity contribution is 5.07. The molecule has 0 spiro atoms. The van der Waals surface area contributed by atoms with Crippen molar-refractivity contribution in [2.24, 2.45) is 0 Å². The number of hydrogen-bond donors (Lipinski definition) is 0. The predicted octanol–water partition coefficient (Wildman–Crippen LogP) is 2.88. The van der Waals surface area contributed by atoms with Crippen LogP contribution in [-0.4, -0.2) is 16.1 Å². The van der Waals surface area contributed by atoms with Gasteiger partial charge >= 0.3 is 0 Å². The Bertz CT molecular complexity index is 360. The average molecular weight is 216 g/mol. The molecule has 0 aromatic carbocycles. The van der Waals surface area contributed by atoms with Crippen molar-refractivity contribution in [2.45, 2.75) is 50.9 Å². The van der Waals surface area contributed by atoms with Crippen molar-refractivity contribution in [2.75, 3.05) is 0 Å². The molecule has 15 heavy (non-hydrogen) atoms. The molecule has 0 radical (unpaired) electrons. The number of rotatable bonds is 1. The van der Waals surface area contributed by atoms with Crippen molar-refractivity contribution in [3.8, 4) is 0 Å². The van der Waals surface area contributed by atoms with E-state index in [1.165, 1.54) is 0 Å². The smallest absolute Gasteiger partial charge is 0.249 e. The molecule has 1 heterocycles. The van der Waals surface area contributed by atoms with Crippen LogP contribution in [0, 0.1) is 0 Å². The lowest BCUT2D eigenvalue weighted by atomic mass is 9.81. The van der Waals surface area contributed by atoms with Crippen LogP contribution in [0.4, 0.5) is 8.78 Å². The summed E-state index contributed by atoms with van der Waals surface area (Å²) in [5.41, 5.74) is -0.200. The highest BCUT2D eigenvalue weighted by Crippen LogP contribution is 2.47. The van der Waals surface area contributed by atoms with Crippen molar-refractivity contribution in [1.29, 1.82) is 0 Å². The molecule has 5 heteroatoms. The Morgan fingerprint density at radius 1 is 1.33 bits per heavy atom. The summed E-state index contributed by atoms with van der Waals surface area (Å²) in [5, 5.41) is 3.81. The van der Waals surface area contributed by atoms with Crippen LogP contribution < -0.4 is 0 Å². The molecule has 2 rings (SSSR count). The number of hydrogen-bond acceptors (Lipinski definition) is 3. The van der Waals surface area contributed by atoms with Gasteiger partial charge in [-0.05, 0) is 0 Å². The second-order valence-electron chi connectivity index (χ2n) is 5.17. The highest BCUT2D eigenvalue weighted by atomic mass is 19.3. The Balaban J connectivity index is 2.10. The minimum absolute atomic E-state index is 0.168. The molecule has 1 fully saturated rings. The molecule has 1 aliphatic carbocycles. The Morgan fingerprint density at radius 2 is 1.93 bits per heavy atom. The molecular weight excluding hydrogens is 202 g/mol. The molecule has 0 amide bonds. The molecule has 0 bridgehead atoms. The Morgan fingerprint density at radius 3 is 2.33 bits per heavy atom. The van der Waals surface area contributed by atoms with Gasteiger partial charge in [-0.1, -0.05) is 25.9 Å². The summed E-state index contributed by atoms with van der Waals surface area (Å²) in [4.78, 5) is 4.16. The van der Waals surface area contributed by atoms with Crippen molar-refractivity contribution in [3.63, 3.8) is 0 Å². The lowest BCUT2D eigenvalue weighted by Gasteiger charge is -2.32. The van der Waals surface area contributed by atoms with E-state index < -0.39 is 5.92 Å². The summed E-state index contributed by atoms with van der Waals surface area (Å²) >= 11 is 0. The quantitative estimate of drug-likeness (QED) is 0.724. The van der Waals surface area contributed by atoms with Crippen LogP contribution in [0.25, 0.3) is 0 Å². The Hall–Kier alpha value is -1.00. The minimum Gasteiger partial charge on any atom is -0.339 e. The number of aromatic nitrogens is 2. The van der Waals surface area contributed by atoms with Gasteiger partial charge in [0.2, 0.25) is 11.8 Å². The molecule has 0 unspecified atom stereocenters. The van der Waals surface area contributed by atoms with E-state index in [-0.39, 0.29) is 24.2 Å². The predicted molar refractivity (Wildman–Crippen MR) is 49.9 cm³/mol. The number of halogens is 2. The molecule has 0 N–H and O–H groups in total. The minimum atomic E-state index is -2.54. The van der Waals surface area contributed by atoms with Gasteiger partial charge in [0.25, 0.3) is 0 Å². The summed E-state index contributed by atoms with van der Waals surface area (Å²) in [6, 6.07) is 0. The summed E-state index contributed by atoms with van der Waals surface area (Å²) in [5.74, 6) is -1.87.